The summed E-state index contributed by atoms with van der Waals surface area (Å²) in [6.07, 6.45) is 0. The third kappa shape index (κ3) is 1.30. The number of rotatable bonds is 1. The average molecular weight is 205 g/mol. The number of nitrogen functional groups attached to an aromatic ring is 1. The molecule has 0 saturated carbocycles. The Bertz CT molecular complexity index is 474. The number of nitrogens with two attached hydrogens (primary N) is 1. The van der Waals surface area contributed by atoms with Crippen LogP contribution in [0.2, 0.25) is 0 Å². The van der Waals surface area contributed by atoms with Gasteiger partial charge in [-0.3, -0.25) is 4.79 Å². The molecular weight excluding hydrogens is 194 g/mol. The number of benzene rings is 1. The minimum Gasteiger partial charge on any atom is -0.398 e. The molecular formula is C11H11NOS. The lowest BCUT2D eigenvalue weighted by Crippen LogP contribution is -1.86. The minimum absolute atomic E-state index is 0.102. The van der Waals surface area contributed by atoms with Crippen LogP contribution in [0.3, 0.4) is 0 Å². The molecule has 0 bridgehead atoms. The molecule has 2 nitrogen and oxygen atoms in total. The maximum atomic E-state index is 11.2. The number of aryl methyl sites for hydroxylation is 1. The van der Waals surface area contributed by atoms with Crippen molar-refractivity contribution in [1.29, 1.82) is 0 Å². The smallest absolute Gasteiger partial charge is 0.169 e. The van der Waals surface area contributed by atoms with Crippen LogP contribution in [0.15, 0.2) is 18.2 Å². The van der Waals surface area contributed by atoms with E-state index >= 15 is 0 Å². The SMILES string of the molecule is CC(=O)c1cc2c(N)ccc(C)c2s1. The highest BCUT2D eigenvalue weighted by Gasteiger charge is 2.09. The second kappa shape index (κ2) is 3.10. The van der Waals surface area contributed by atoms with Crippen molar-refractivity contribution >= 4 is 32.9 Å². The minimum atomic E-state index is 0.102. The van der Waals surface area contributed by atoms with Crippen LogP contribution in [0.25, 0.3) is 10.1 Å². The summed E-state index contributed by atoms with van der Waals surface area (Å²) in [5.41, 5.74) is 7.75. The first-order valence-electron chi connectivity index (χ1n) is 4.39. The summed E-state index contributed by atoms with van der Waals surface area (Å²) in [6, 6.07) is 5.75. The number of fused-ring (bicyclic) bond motifs is 1. The summed E-state index contributed by atoms with van der Waals surface area (Å²) in [7, 11) is 0. The molecule has 0 fully saturated rings. The first-order chi connectivity index (χ1) is 6.59. The number of anilines is 1. The molecule has 1 aromatic carbocycles. The van der Waals surface area contributed by atoms with Crippen LogP contribution in [-0.2, 0) is 0 Å². The van der Waals surface area contributed by atoms with Gasteiger partial charge < -0.3 is 5.73 Å². The molecule has 0 atom stereocenters. The fourth-order valence-electron chi connectivity index (χ4n) is 1.45. The fraction of sp³-hybridized carbons (Fsp3) is 0.182. The van der Waals surface area contributed by atoms with Crippen molar-refractivity contribution in [2.75, 3.05) is 5.73 Å². The summed E-state index contributed by atoms with van der Waals surface area (Å²) in [6.45, 7) is 3.61. The molecule has 0 unspecified atom stereocenters. The van der Waals surface area contributed by atoms with Crippen LogP contribution in [0.4, 0.5) is 5.69 Å². The van der Waals surface area contributed by atoms with Gasteiger partial charge >= 0.3 is 0 Å². The quantitative estimate of drug-likeness (QED) is 0.574. The van der Waals surface area contributed by atoms with Crippen molar-refractivity contribution in [3.63, 3.8) is 0 Å². The Kier molecular flexibility index (Phi) is 2.04. The third-order valence-electron chi connectivity index (χ3n) is 2.26. The summed E-state index contributed by atoms with van der Waals surface area (Å²) >= 11 is 1.52. The lowest BCUT2D eigenvalue weighted by atomic mass is 10.1. The molecule has 0 spiro atoms. The molecule has 0 radical (unpaired) electrons. The fourth-order valence-corrected chi connectivity index (χ4v) is 2.51. The van der Waals surface area contributed by atoms with Crippen LogP contribution in [0.1, 0.15) is 22.2 Å². The molecule has 0 aliphatic rings. The zero-order chi connectivity index (χ0) is 10.3. The molecule has 2 N–H and O–H groups in total. The van der Waals surface area contributed by atoms with Gasteiger partial charge in [0.25, 0.3) is 0 Å². The van der Waals surface area contributed by atoms with E-state index in [4.69, 9.17) is 5.73 Å². The van der Waals surface area contributed by atoms with Crippen LogP contribution < -0.4 is 5.73 Å². The third-order valence-corrected chi connectivity index (χ3v) is 3.63. The van der Waals surface area contributed by atoms with Crippen molar-refractivity contribution in [3.8, 4) is 0 Å². The van der Waals surface area contributed by atoms with Gasteiger partial charge in [0.2, 0.25) is 0 Å². The Morgan fingerprint density at radius 2 is 2.14 bits per heavy atom. The van der Waals surface area contributed by atoms with Gasteiger partial charge in [-0.1, -0.05) is 6.07 Å². The standard InChI is InChI=1S/C11H11NOS/c1-6-3-4-9(12)8-5-10(7(2)13)14-11(6)8/h3-5H,12H2,1-2H3. The van der Waals surface area contributed by atoms with Crippen LogP contribution >= 0.6 is 11.3 Å². The molecule has 0 aliphatic heterocycles. The number of carbonyl (C=O) groups excluding carboxylic acids is 1. The van der Waals surface area contributed by atoms with Gasteiger partial charge in [0, 0.05) is 15.8 Å². The molecule has 3 heteroatoms. The molecule has 1 heterocycles. The summed E-state index contributed by atoms with van der Waals surface area (Å²) in [4.78, 5) is 12.0. The number of hydrogen-bond donors (Lipinski definition) is 1. The highest BCUT2D eigenvalue weighted by Crippen LogP contribution is 2.32. The Morgan fingerprint density at radius 3 is 2.71 bits per heavy atom. The van der Waals surface area contributed by atoms with Gasteiger partial charge in [-0.05, 0) is 31.5 Å². The van der Waals surface area contributed by atoms with Crippen molar-refractivity contribution in [2.24, 2.45) is 0 Å². The maximum absolute atomic E-state index is 11.2. The monoisotopic (exact) mass is 205 g/mol. The van der Waals surface area contributed by atoms with E-state index in [-0.39, 0.29) is 5.78 Å². The van der Waals surface area contributed by atoms with Gasteiger partial charge in [-0.15, -0.1) is 11.3 Å². The molecule has 14 heavy (non-hydrogen) atoms. The topological polar surface area (TPSA) is 43.1 Å². The van der Waals surface area contributed by atoms with Gasteiger partial charge in [-0.25, -0.2) is 0 Å². The van der Waals surface area contributed by atoms with Crippen molar-refractivity contribution in [1.82, 2.24) is 0 Å². The van der Waals surface area contributed by atoms with Crippen LogP contribution in [-0.4, -0.2) is 5.78 Å². The Labute approximate surface area is 86.3 Å². The number of Topliss-reactive ketones (excluding diaryl/α,β-unsaturated/α-hetero) is 1. The maximum Gasteiger partial charge on any atom is 0.169 e. The molecule has 2 rings (SSSR count). The Morgan fingerprint density at radius 1 is 1.43 bits per heavy atom. The largest absolute Gasteiger partial charge is 0.398 e. The van der Waals surface area contributed by atoms with E-state index in [0.29, 0.717) is 0 Å². The molecule has 72 valence electrons. The second-order valence-corrected chi connectivity index (χ2v) is 4.43. The number of carbonyl (C=O) groups is 1. The lowest BCUT2D eigenvalue weighted by molar-refractivity contribution is 0.102. The van der Waals surface area contributed by atoms with E-state index in [1.165, 1.54) is 16.9 Å². The van der Waals surface area contributed by atoms with E-state index in [9.17, 15) is 4.79 Å². The number of hydrogen-bond acceptors (Lipinski definition) is 3. The summed E-state index contributed by atoms with van der Waals surface area (Å²) < 4.78 is 1.12. The molecule has 1 aromatic heterocycles. The van der Waals surface area contributed by atoms with E-state index in [2.05, 4.69) is 0 Å². The number of ketones is 1. The molecule has 0 saturated heterocycles. The van der Waals surface area contributed by atoms with Crippen molar-refractivity contribution in [2.45, 2.75) is 13.8 Å². The number of thiophene rings is 1. The van der Waals surface area contributed by atoms with E-state index < -0.39 is 0 Å². The van der Waals surface area contributed by atoms with Gasteiger partial charge in [0.05, 0.1) is 4.88 Å². The van der Waals surface area contributed by atoms with E-state index in [0.717, 1.165) is 20.7 Å². The summed E-state index contributed by atoms with van der Waals surface area (Å²) in [5.74, 6) is 0.102. The first-order valence-corrected chi connectivity index (χ1v) is 5.21. The van der Waals surface area contributed by atoms with Crippen LogP contribution in [0, 0.1) is 6.92 Å². The highest BCUT2D eigenvalue weighted by molar-refractivity contribution is 7.21. The lowest BCUT2D eigenvalue weighted by Gasteiger charge is -1.97. The van der Waals surface area contributed by atoms with E-state index in [1.54, 1.807) is 6.92 Å². The average Bonchev–Trinajstić information content (AvgIpc) is 2.57. The zero-order valence-corrected chi connectivity index (χ0v) is 8.94. The highest BCUT2D eigenvalue weighted by atomic mass is 32.1. The molecule has 0 amide bonds. The zero-order valence-electron chi connectivity index (χ0n) is 8.13. The molecule has 0 aliphatic carbocycles. The Hall–Kier alpha value is -1.35. The predicted molar refractivity (Wildman–Crippen MR) is 61.0 cm³/mol. The van der Waals surface area contributed by atoms with Gasteiger partial charge in [-0.2, -0.15) is 0 Å². The Balaban J connectivity index is 2.82. The molecule has 2 aromatic rings. The normalized spacial score (nSPS) is 10.7. The summed E-state index contributed by atoms with van der Waals surface area (Å²) in [5, 5.41) is 1.00. The van der Waals surface area contributed by atoms with Crippen LogP contribution in [0.5, 0.6) is 0 Å². The van der Waals surface area contributed by atoms with Crippen molar-refractivity contribution in [3.05, 3.63) is 28.6 Å². The van der Waals surface area contributed by atoms with Gasteiger partial charge in [0.1, 0.15) is 0 Å². The predicted octanol–water partition coefficient (Wildman–Crippen LogP) is 2.99. The first kappa shape index (κ1) is 9.21. The van der Waals surface area contributed by atoms with Crippen molar-refractivity contribution < 1.29 is 4.79 Å². The van der Waals surface area contributed by atoms with E-state index in [1.807, 2.05) is 25.1 Å². The van der Waals surface area contributed by atoms with Gasteiger partial charge in [0.15, 0.2) is 5.78 Å². The second-order valence-electron chi connectivity index (χ2n) is 3.38.